The molecule has 0 bridgehead atoms. The van der Waals surface area contributed by atoms with E-state index in [1.165, 1.54) is 29.4 Å². The van der Waals surface area contributed by atoms with Crippen LogP contribution in [0, 0.1) is 0 Å². The van der Waals surface area contributed by atoms with E-state index in [4.69, 9.17) is 23.2 Å². The molecule has 2 amide bonds. The van der Waals surface area contributed by atoms with Crippen molar-refractivity contribution in [2.24, 2.45) is 0 Å². The minimum atomic E-state index is -4.46. The number of nitrogens with one attached hydrogen (secondary N) is 1. The Labute approximate surface area is 163 Å². The summed E-state index contributed by atoms with van der Waals surface area (Å²) in [4.78, 5) is 19.7. The Balaban J connectivity index is 1.62. The third kappa shape index (κ3) is 4.56. The van der Waals surface area contributed by atoms with Crippen molar-refractivity contribution in [2.45, 2.75) is 6.18 Å². The average molecular weight is 419 g/mol. The van der Waals surface area contributed by atoms with Crippen LogP contribution in [0.5, 0.6) is 0 Å². The fourth-order valence-corrected chi connectivity index (χ4v) is 3.42. The van der Waals surface area contributed by atoms with Gasteiger partial charge in [-0.3, -0.25) is 4.98 Å². The van der Waals surface area contributed by atoms with Gasteiger partial charge in [-0.05, 0) is 18.2 Å². The molecule has 1 fully saturated rings. The minimum Gasteiger partial charge on any atom is -0.365 e. The maximum atomic E-state index is 12.8. The topological polar surface area (TPSA) is 48.5 Å². The first-order valence-corrected chi connectivity index (χ1v) is 8.78. The van der Waals surface area contributed by atoms with Crippen molar-refractivity contribution in [3.8, 4) is 0 Å². The minimum absolute atomic E-state index is 0.0949. The molecule has 0 radical (unpaired) electrons. The van der Waals surface area contributed by atoms with Gasteiger partial charge in [0, 0.05) is 44.3 Å². The summed E-state index contributed by atoms with van der Waals surface area (Å²) in [6.07, 6.45) is -1.47. The highest BCUT2D eigenvalue weighted by atomic mass is 35.5. The van der Waals surface area contributed by atoms with E-state index < -0.39 is 17.8 Å². The zero-order valence-electron chi connectivity index (χ0n) is 13.9. The number of alkyl halides is 3. The van der Waals surface area contributed by atoms with Gasteiger partial charge in [-0.2, -0.15) is 13.2 Å². The van der Waals surface area contributed by atoms with Crippen molar-refractivity contribution < 1.29 is 18.0 Å². The molecule has 1 aliphatic rings. The molecule has 0 spiro atoms. The van der Waals surface area contributed by atoms with Gasteiger partial charge in [-0.25, -0.2) is 4.79 Å². The summed E-state index contributed by atoms with van der Waals surface area (Å²) in [6.45, 7) is 1.72. The molecule has 2 heterocycles. The molecule has 1 aromatic heterocycles. The Hall–Kier alpha value is -2.19. The number of hydrogen-bond donors (Lipinski definition) is 1. The van der Waals surface area contributed by atoms with E-state index in [0.717, 1.165) is 12.1 Å². The average Bonchev–Trinajstić information content (AvgIpc) is 2.61. The van der Waals surface area contributed by atoms with Crippen molar-refractivity contribution in [3.05, 3.63) is 52.3 Å². The highest BCUT2D eigenvalue weighted by Gasteiger charge is 2.31. The van der Waals surface area contributed by atoms with E-state index in [-0.39, 0.29) is 5.69 Å². The first-order valence-electron chi connectivity index (χ1n) is 8.03. The van der Waals surface area contributed by atoms with Crippen LogP contribution in [0.15, 0.2) is 36.7 Å². The summed E-state index contributed by atoms with van der Waals surface area (Å²) in [5.74, 6) is 0. The van der Waals surface area contributed by atoms with Crippen LogP contribution in [0.3, 0.4) is 0 Å². The molecule has 1 aromatic carbocycles. The third-order valence-electron chi connectivity index (χ3n) is 4.15. The molecule has 0 atom stereocenters. The largest absolute Gasteiger partial charge is 0.416 e. The van der Waals surface area contributed by atoms with E-state index in [1.807, 2.05) is 4.90 Å². The summed E-state index contributed by atoms with van der Waals surface area (Å²) < 4.78 is 38.3. The second-order valence-electron chi connectivity index (χ2n) is 5.93. The lowest BCUT2D eigenvalue weighted by molar-refractivity contribution is -0.137. The van der Waals surface area contributed by atoms with Gasteiger partial charge in [0.15, 0.2) is 0 Å². The number of carbonyl (C=O) groups is 1. The number of rotatable bonds is 2. The molecule has 1 saturated heterocycles. The molecular formula is C17H15Cl2F3N4O. The molecule has 5 nitrogen and oxygen atoms in total. The highest BCUT2D eigenvalue weighted by molar-refractivity contribution is 6.38. The van der Waals surface area contributed by atoms with Crippen LogP contribution in [0.2, 0.25) is 10.0 Å². The van der Waals surface area contributed by atoms with E-state index in [9.17, 15) is 18.0 Å². The summed E-state index contributed by atoms with van der Waals surface area (Å²) in [7, 11) is 0. The van der Waals surface area contributed by atoms with Gasteiger partial charge in [-0.1, -0.05) is 29.3 Å². The lowest BCUT2D eigenvalue weighted by atomic mass is 10.2. The molecule has 27 heavy (non-hydrogen) atoms. The van der Waals surface area contributed by atoms with Gasteiger partial charge < -0.3 is 15.1 Å². The predicted molar refractivity (Wildman–Crippen MR) is 98.5 cm³/mol. The summed E-state index contributed by atoms with van der Waals surface area (Å²) >= 11 is 12.3. The van der Waals surface area contributed by atoms with Gasteiger partial charge >= 0.3 is 12.2 Å². The highest BCUT2D eigenvalue weighted by Crippen LogP contribution is 2.33. The van der Waals surface area contributed by atoms with Crippen molar-refractivity contribution >= 4 is 40.6 Å². The quantitative estimate of drug-likeness (QED) is 0.764. The molecule has 0 unspecified atom stereocenters. The molecular weight excluding hydrogens is 404 g/mol. The van der Waals surface area contributed by atoms with Crippen LogP contribution in [0.25, 0.3) is 0 Å². The van der Waals surface area contributed by atoms with Crippen molar-refractivity contribution in [1.29, 1.82) is 0 Å². The Bertz CT molecular complexity index is 819. The van der Waals surface area contributed by atoms with Crippen molar-refractivity contribution in [1.82, 2.24) is 9.88 Å². The first kappa shape index (κ1) is 19.6. The molecule has 1 N–H and O–H groups in total. The first-order chi connectivity index (χ1) is 12.8. The molecule has 3 rings (SSSR count). The van der Waals surface area contributed by atoms with Gasteiger partial charge in [-0.15, -0.1) is 0 Å². The monoisotopic (exact) mass is 418 g/mol. The predicted octanol–water partition coefficient (Wildman–Crippen LogP) is 4.76. The van der Waals surface area contributed by atoms with Gasteiger partial charge in [0.05, 0.1) is 21.3 Å². The number of aromatic nitrogens is 1. The van der Waals surface area contributed by atoms with Crippen LogP contribution in [-0.2, 0) is 6.18 Å². The summed E-state index contributed by atoms with van der Waals surface area (Å²) in [6, 6.07) is 4.08. The molecule has 0 aliphatic carbocycles. The Morgan fingerprint density at radius 1 is 1.07 bits per heavy atom. The van der Waals surface area contributed by atoms with Gasteiger partial charge in [0.2, 0.25) is 0 Å². The van der Waals surface area contributed by atoms with Crippen LogP contribution in [0.4, 0.5) is 29.3 Å². The molecule has 0 saturated carbocycles. The van der Waals surface area contributed by atoms with E-state index in [0.29, 0.717) is 41.9 Å². The second-order valence-corrected chi connectivity index (χ2v) is 6.75. The van der Waals surface area contributed by atoms with E-state index >= 15 is 0 Å². The fourth-order valence-electron chi connectivity index (χ4n) is 2.82. The standard InChI is InChI=1S/C17H15Cl2F3N4O/c18-13-9-23-10-14(19)15(13)25-4-6-26(7-5-25)16(27)24-12-3-1-2-11(8-12)17(20,21)22/h1-3,8-10H,4-7H2,(H,24,27). The lowest BCUT2D eigenvalue weighted by Gasteiger charge is -2.36. The van der Waals surface area contributed by atoms with Crippen LogP contribution in [-0.4, -0.2) is 42.1 Å². The SMILES string of the molecule is O=C(Nc1cccc(C(F)(F)F)c1)N1CCN(c2c(Cl)cncc2Cl)CC1. The lowest BCUT2D eigenvalue weighted by Crippen LogP contribution is -2.50. The van der Waals surface area contributed by atoms with Crippen LogP contribution in [0.1, 0.15) is 5.56 Å². The maximum absolute atomic E-state index is 12.8. The van der Waals surface area contributed by atoms with Crippen molar-refractivity contribution in [2.75, 3.05) is 36.4 Å². The second kappa shape index (κ2) is 7.82. The molecule has 10 heteroatoms. The number of nitrogens with zero attached hydrogens (tertiary/aromatic N) is 3. The number of amides is 2. The number of pyridine rings is 1. The number of piperazine rings is 1. The van der Waals surface area contributed by atoms with Crippen LogP contribution >= 0.6 is 23.2 Å². The van der Waals surface area contributed by atoms with Gasteiger partial charge in [0.25, 0.3) is 0 Å². The molecule has 144 valence electrons. The molecule has 2 aromatic rings. The van der Waals surface area contributed by atoms with Crippen LogP contribution < -0.4 is 10.2 Å². The Kier molecular flexibility index (Phi) is 5.67. The smallest absolute Gasteiger partial charge is 0.365 e. The van der Waals surface area contributed by atoms with E-state index in [1.54, 1.807) is 0 Å². The number of urea groups is 1. The number of anilines is 2. The molecule has 1 aliphatic heterocycles. The third-order valence-corrected chi connectivity index (χ3v) is 4.71. The number of halogens is 5. The van der Waals surface area contributed by atoms with E-state index in [2.05, 4.69) is 10.3 Å². The zero-order chi connectivity index (χ0) is 19.6. The fraction of sp³-hybridized carbons (Fsp3) is 0.294. The number of carbonyl (C=O) groups excluding carboxylic acids is 1. The Morgan fingerprint density at radius 2 is 1.70 bits per heavy atom. The zero-order valence-corrected chi connectivity index (χ0v) is 15.4. The van der Waals surface area contributed by atoms with Gasteiger partial charge in [0.1, 0.15) is 0 Å². The Morgan fingerprint density at radius 3 is 2.30 bits per heavy atom. The summed E-state index contributed by atoms with van der Waals surface area (Å²) in [5.41, 5.74) is -0.0594. The number of hydrogen-bond acceptors (Lipinski definition) is 3. The maximum Gasteiger partial charge on any atom is 0.416 e. The summed E-state index contributed by atoms with van der Waals surface area (Å²) in [5, 5.41) is 3.35. The normalized spacial score (nSPS) is 15.0. The van der Waals surface area contributed by atoms with Crippen molar-refractivity contribution in [3.63, 3.8) is 0 Å². The number of benzene rings is 1.